The summed E-state index contributed by atoms with van der Waals surface area (Å²) in [4.78, 5) is 30.9. The molecular formula is C13H13IN3O4-. The highest BCUT2D eigenvalue weighted by atomic mass is 127. The first-order chi connectivity index (χ1) is 9.39. The highest BCUT2D eigenvalue weighted by Crippen LogP contribution is 2.22. The lowest BCUT2D eigenvalue weighted by atomic mass is 10.2. The fourth-order valence-electron chi connectivity index (χ4n) is 1.38. The van der Waals surface area contributed by atoms with Crippen molar-refractivity contribution in [3.05, 3.63) is 46.8 Å². The summed E-state index contributed by atoms with van der Waals surface area (Å²) in [5, 5.41) is 0. The van der Waals surface area contributed by atoms with Gasteiger partial charge in [-0.2, -0.15) is 0 Å². The normalized spacial score (nSPS) is 16.1. The zero-order valence-corrected chi connectivity index (χ0v) is 13.7. The van der Waals surface area contributed by atoms with Crippen molar-refractivity contribution in [2.24, 2.45) is 0 Å². The fraction of sp³-hybridized carbons (Fsp3) is 0.385. The highest BCUT2D eigenvalue weighted by Gasteiger charge is 2.38. The van der Waals surface area contributed by atoms with E-state index in [1.807, 2.05) is 0 Å². The van der Waals surface area contributed by atoms with Crippen LogP contribution in [0.5, 0.6) is 0 Å². The van der Waals surface area contributed by atoms with Crippen LogP contribution in [0.1, 0.15) is 13.8 Å². The van der Waals surface area contributed by atoms with Crippen LogP contribution in [0.3, 0.4) is 0 Å². The molecule has 1 aliphatic heterocycles. The van der Waals surface area contributed by atoms with E-state index in [0.29, 0.717) is 0 Å². The Morgan fingerprint density at radius 3 is 2.05 bits per heavy atom. The summed E-state index contributed by atoms with van der Waals surface area (Å²) in [6, 6.07) is 0. The highest BCUT2D eigenvalue weighted by molar-refractivity contribution is 6.15. The molecule has 21 heavy (non-hydrogen) atoms. The molecule has 0 saturated carbocycles. The molecule has 0 spiro atoms. The number of esters is 2. The molecule has 0 aromatic heterocycles. The third-order valence-electron chi connectivity index (χ3n) is 2.18. The molecule has 7 nitrogen and oxygen atoms in total. The number of cyclic esters (lactones) is 2. The second-order valence-corrected chi connectivity index (χ2v) is 4.29. The molecule has 8 heteroatoms. The molecule has 1 fully saturated rings. The Hall–Kier alpha value is -2.07. The lowest BCUT2D eigenvalue weighted by Crippen LogP contribution is -3.00. The van der Waals surface area contributed by atoms with Crippen molar-refractivity contribution in [2.75, 3.05) is 13.3 Å². The molecule has 0 unspecified atom stereocenters. The minimum Gasteiger partial charge on any atom is -1.00 e. The number of carbonyl (C=O) groups excluding carboxylic acids is 2. The molecule has 0 radical (unpaired) electrons. The largest absolute Gasteiger partial charge is 1.00 e. The molecule has 0 amide bonds. The lowest BCUT2D eigenvalue weighted by molar-refractivity contribution is -0.222. The van der Waals surface area contributed by atoms with Crippen molar-refractivity contribution in [3.63, 3.8) is 0 Å². The van der Waals surface area contributed by atoms with E-state index >= 15 is 0 Å². The van der Waals surface area contributed by atoms with E-state index < -0.39 is 17.7 Å². The van der Waals surface area contributed by atoms with Gasteiger partial charge in [0.15, 0.2) is 0 Å². The number of carbonyl (C=O) groups is 2. The molecule has 1 saturated heterocycles. The molecule has 0 atom stereocenters. The van der Waals surface area contributed by atoms with Crippen LogP contribution < -0.4 is 24.0 Å². The Morgan fingerprint density at radius 1 is 1.14 bits per heavy atom. The van der Waals surface area contributed by atoms with Crippen molar-refractivity contribution in [3.8, 4) is 0 Å². The number of hydrogen-bond donors (Lipinski definition) is 0. The van der Waals surface area contributed by atoms with Crippen molar-refractivity contribution in [2.45, 2.75) is 19.6 Å². The van der Waals surface area contributed by atoms with E-state index in [1.165, 1.54) is 37.1 Å². The van der Waals surface area contributed by atoms with Crippen LogP contribution in [-0.4, -0.2) is 36.0 Å². The van der Waals surface area contributed by atoms with Gasteiger partial charge in [0.2, 0.25) is 0 Å². The van der Waals surface area contributed by atoms with Gasteiger partial charge in [-0.15, -0.1) is 0 Å². The lowest BCUT2D eigenvalue weighted by Gasteiger charge is -2.29. The minimum atomic E-state index is -1.27. The van der Waals surface area contributed by atoms with Gasteiger partial charge in [0, 0.05) is 20.0 Å². The number of nitrogens with zero attached hydrogens (tertiary/aromatic N) is 3. The monoisotopic (exact) mass is 402 g/mol. The van der Waals surface area contributed by atoms with E-state index in [9.17, 15) is 9.59 Å². The maximum atomic E-state index is 11.6. The third kappa shape index (κ3) is 5.83. The SMILES string of the molecule is [C-]#[N+]CN(/C=C/C=C1C(=O)OC(C)(C)OC1=O)C[N+]#[C-].[I-]. The van der Waals surface area contributed by atoms with Gasteiger partial charge in [-0.1, -0.05) is 0 Å². The number of ether oxygens (including phenoxy) is 2. The molecule has 112 valence electrons. The van der Waals surface area contributed by atoms with Crippen LogP contribution in [0, 0.1) is 13.1 Å². The number of hydrogen-bond acceptors (Lipinski definition) is 5. The summed E-state index contributed by atoms with van der Waals surface area (Å²) >= 11 is 0. The van der Waals surface area contributed by atoms with Crippen LogP contribution >= 0.6 is 0 Å². The Balaban J connectivity index is 0.00000400. The van der Waals surface area contributed by atoms with Gasteiger partial charge in [0.25, 0.3) is 19.1 Å². The molecule has 1 aliphatic rings. The van der Waals surface area contributed by atoms with E-state index in [1.54, 1.807) is 0 Å². The van der Waals surface area contributed by atoms with Crippen molar-refractivity contribution in [1.29, 1.82) is 0 Å². The van der Waals surface area contributed by atoms with Crippen LogP contribution in [-0.2, 0) is 19.1 Å². The summed E-state index contributed by atoms with van der Waals surface area (Å²) in [5.74, 6) is -2.80. The molecule has 0 N–H and O–H groups in total. The van der Waals surface area contributed by atoms with E-state index in [0.717, 1.165) is 0 Å². The number of rotatable bonds is 4. The molecule has 0 bridgehead atoms. The van der Waals surface area contributed by atoms with Gasteiger partial charge in [-0.25, -0.2) is 27.6 Å². The van der Waals surface area contributed by atoms with Gasteiger partial charge < -0.3 is 33.5 Å². The smallest absolute Gasteiger partial charge is 0.348 e. The summed E-state index contributed by atoms with van der Waals surface area (Å²) in [5.41, 5.74) is -0.230. The first kappa shape index (κ1) is 18.9. The predicted molar refractivity (Wildman–Crippen MR) is 68.3 cm³/mol. The zero-order chi connectivity index (χ0) is 15.2. The van der Waals surface area contributed by atoms with Crippen LogP contribution in [0.4, 0.5) is 0 Å². The third-order valence-corrected chi connectivity index (χ3v) is 2.18. The quantitative estimate of drug-likeness (QED) is 0.185. The Bertz CT molecular complexity index is 517. The second kappa shape index (κ2) is 8.27. The van der Waals surface area contributed by atoms with E-state index in [4.69, 9.17) is 22.6 Å². The molecule has 0 aliphatic carbocycles. The maximum Gasteiger partial charge on any atom is 0.348 e. The number of halogens is 1. The summed E-state index contributed by atoms with van der Waals surface area (Å²) in [6.45, 7) is 16.4. The van der Waals surface area contributed by atoms with E-state index in [2.05, 4.69) is 9.69 Å². The summed E-state index contributed by atoms with van der Waals surface area (Å²) in [7, 11) is 0. The Labute approximate surface area is 139 Å². The second-order valence-electron chi connectivity index (χ2n) is 4.29. The molecule has 0 aromatic carbocycles. The zero-order valence-electron chi connectivity index (χ0n) is 11.5. The van der Waals surface area contributed by atoms with Gasteiger partial charge in [-0.3, -0.25) is 9.69 Å². The molecular weight excluding hydrogens is 389 g/mol. The standard InChI is InChI=1S/C13H13N3O4.HI/c1-13(2)19-11(17)10(12(18)20-13)6-5-7-16(8-14-3)9-15-4;/h5-7H,8-9H2,1-2H3;1H/p-1/b7-5+;. The van der Waals surface area contributed by atoms with Gasteiger partial charge in [-0.05, 0) is 12.2 Å². The average molecular weight is 402 g/mol. The average Bonchev–Trinajstić information content (AvgIpc) is 2.31. The Morgan fingerprint density at radius 2 is 1.62 bits per heavy atom. The molecule has 0 aromatic rings. The molecule has 1 heterocycles. The van der Waals surface area contributed by atoms with Crippen molar-refractivity contribution in [1.82, 2.24) is 4.90 Å². The van der Waals surface area contributed by atoms with Crippen LogP contribution in [0.15, 0.2) is 23.9 Å². The summed E-state index contributed by atoms with van der Waals surface area (Å²) < 4.78 is 9.83. The fourth-order valence-corrected chi connectivity index (χ4v) is 1.38. The summed E-state index contributed by atoms with van der Waals surface area (Å²) in [6.07, 6.45) is 4.08. The first-order valence-electron chi connectivity index (χ1n) is 5.65. The van der Waals surface area contributed by atoms with Gasteiger partial charge >= 0.3 is 11.9 Å². The Kier molecular flexibility index (Phi) is 7.45. The predicted octanol–water partition coefficient (Wildman–Crippen LogP) is -1.68. The minimum absolute atomic E-state index is 0. The topological polar surface area (TPSA) is 64.6 Å². The molecule has 1 rings (SSSR count). The van der Waals surface area contributed by atoms with Gasteiger partial charge in [0.05, 0.1) is 0 Å². The van der Waals surface area contributed by atoms with Crippen LogP contribution in [0.2, 0.25) is 0 Å². The van der Waals surface area contributed by atoms with Crippen molar-refractivity contribution < 1.29 is 43.0 Å². The van der Waals surface area contributed by atoms with E-state index in [-0.39, 0.29) is 42.9 Å². The van der Waals surface area contributed by atoms with Crippen LogP contribution in [0.25, 0.3) is 9.69 Å². The maximum absolute atomic E-state index is 11.6. The van der Waals surface area contributed by atoms with Gasteiger partial charge in [0.1, 0.15) is 5.57 Å². The first-order valence-corrected chi connectivity index (χ1v) is 5.65. The number of allylic oxidation sites excluding steroid dienone is 2. The van der Waals surface area contributed by atoms with Crippen molar-refractivity contribution >= 4 is 11.9 Å².